The molecule has 0 saturated heterocycles. The molecule has 1 aromatic carbocycles. The second-order valence-electron chi connectivity index (χ2n) is 8.50. The normalized spacial score (nSPS) is 11.1. The van der Waals surface area contributed by atoms with Gasteiger partial charge in [-0.1, -0.05) is 19.1 Å². The van der Waals surface area contributed by atoms with Gasteiger partial charge in [0, 0.05) is 16.4 Å². The molecular formula is C29H46O10S. The number of thiophene rings is 1. The predicted octanol–water partition coefficient (Wildman–Crippen LogP) is 4.07. The fourth-order valence-electron chi connectivity index (χ4n) is 3.44. The lowest BCUT2D eigenvalue weighted by molar-refractivity contribution is 0.00464. The Morgan fingerprint density at radius 3 is 1.32 bits per heavy atom. The summed E-state index contributed by atoms with van der Waals surface area (Å²) in [6, 6.07) is 7.34. The van der Waals surface area contributed by atoms with E-state index in [9.17, 15) is 0 Å². The SMILES string of the molecule is CCCOCCOCCOc1c(C)sc(C)c1OCCOCCOCCOCCOc1ccccc1OCCO. The van der Waals surface area contributed by atoms with Crippen LogP contribution in [0, 0.1) is 13.8 Å². The molecule has 0 fully saturated rings. The number of aliphatic hydroxyl groups is 1. The minimum atomic E-state index is -0.0474. The highest BCUT2D eigenvalue weighted by Gasteiger charge is 2.16. The Balaban J connectivity index is 1.45. The lowest BCUT2D eigenvalue weighted by Gasteiger charge is -2.12. The first-order valence-corrected chi connectivity index (χ1v) is 14.7. The van der Waals surface area contributed by atoms with E-state index in [1.807, 2.05) is 32.0 Å². The number of benzene rings is 1. The number of aryl methyl sites for hydroxylation is 2. The van der Waals surface area contributed by atoms with Gasteiger partial charge >= 0.3 is 0 Å². The van der Waals surface area contributed by atoms with Crippen molar-refractivity contribution in [3.8, 4) is 23.0 Å². The molecule has 0 aliphatic rings. The van der Waals surface area contributed by atoms with Gasteiger partial charge in [-0.25, -0.2) is 0 Å². The average molecular weight is 587 g/mol. The van der Waals surface area contributed by atoms with Crippen LogP contribution in [0.15, 0.2) is 24.3 Å². The predicted molar refractivity (Wildman–Crippen MR) is 154 cm³/mol. The summed E-state index contributed by atoms with van der Waals surface area (Å²) in [6.07, 6.45) is 1.01. The van der Waals surface area contributed by atoms with Crippen molar-refractivity contribution in [3.63, 3.8) is 0 Å². The van der Waals surface area contributed by atoms with E-state index in [0.29, 0.717) is 90.8 Å². The summed E-state index contributed by atoms with van der Waals surface area (Å²) >= 11 is 1.65. The molecule has 0 amide bonds. The van der Waals surface area contributed by atoms with Gasteiger partial charge in [0.1, 0.15) is 26.4 Å². The second-order valence-corrected chi connectivity index (χ2v) is 9.93. The summed E-state index contributed by atoms with van der Waals surface area (Å²) in [5.41, 5.74) is 0. The van der Waals surface area contributed by atoms with Crippen LogP contribution in [0.3, 0.4) is 0 Å². The first kappa shape index (κ1) is 34.1. The highest BCUT2D eigenvalue weighted by atomic mass is 32.1. The van der Waals surface area contributed by atoms with Crippen LogP contribution >= 0.6 is 11.3 Å². The molecule has 0 bridgehead atoms. The molecule has 0 aliphatic heterocycles. The molecule has 0 aliphatic carbocycles. The molecule has 2 aromatic rings. The topological polar surface area (TPSA) is 103 Å². The number of rotatable bonds is 26. The van der Waals surface area contributed by atoms with E-state index < -0.39 is 0 Å². The minimum Gasteiger partial charge on any atom is -0.487 e. The standard InChI is InChI=1S/C29H46O10S/c1-4-10-31-12-13-34-19-22-38-28-24(2)40-25(3)29(28)39-23-20-35-17-15-32-14-16-33-18-21-37-27-8-6-5-7-26(27)36-11-9-30/h5-8,30H,4,9-23H2,1-3H3. The van der Waals surface area contributed by atoms with Crippen LogP contribution in [0.25, 0.3) is 0 Å². The van der Waals surface area contributed by atoms with E-state index in [1.54, 1.807) is 17.4 Å². The zero-order valence-corrected chi connectivity index (χ0v) is 25.0. The van der Waals surface area contributed by atoms with Crippen LogP contribution in [-0.2, 0) is 23.7 Å². The van der Waals surface area contributed by atoms with Crippen molar-refractivity contribution in [2.24, 2.45) is 0 Å². The summed E-state index contributed by atoms with van der Waals surface area (Å²) in [5.74, 6) is 2.78. The van der Waals surface area contributed by atoms with Gasteiger partial charge in [-0.15, -0.1) is 11.3 Å². The van der Waals surface area contributed by atoms with Crippen LogP contribution in [0.4, 0.5) is 0 Å². The lowest BCUT2D eigenvalue weighted by atomic mass is 10.3. The number of hydrogen-bond donors (Lipinski definition) is 1. The Hall–Kier alpha value is -2.12. The van der Waals surface area contributed by atoms with Crippen molar-refractivity contribution >= 4 is 11.3 Å². The van der Waals surface area contributed by atoms with Crippen LogP contribution in [-0.4, -0.2) is 104 Å². The Bertz CT molecular complexity index is 892. The molecule has 1 aromatic heterocycles. The molecule has 2 rings (SSSR count). The Kier molecular flexibility index (Phi) is 19.2. The summed E-state index contributed by atoms with van der Waals surface area (Å²) in [6.45, 7) is 12.8. The molecular weight excluding hydrogens is 540 g/mol. The summed E-state index contributed by atoms with van der Waals surface area (Å²) in [5, 5.41) is 8.91. The van der Waals surface area contributed by atoms with Gasteiger partial charge in [0.25, 0.3) is 0 Å². The maximum Gasteiger partial charge on any atom is 0.175 e. The Morgan fingerprint density at radius 2 is 0.900 bits per heavy atom. The molecule has 0 unspecified atom stereocenters. The highest BCUT2D eigenvalue weighted by Crippen LogP contribution is 2.41. The molecule has 1 N–H and O–H groups in total. The van der Waals surface area contributed by atoms with E-state index in [4.69, 9.17) is 47.7 Å². The first-order chi connectivity index (χ1) is 19.7. The molecule has 0 spiro atoms. The molecule has 228 valence electrons. The zero-order valence-electron chi connectivity index (χ0n) is 24.2. The van der Waals surface area contributed by atoms with Crippen molar-refractivity contribution in [1.29, 1.82) is 0 Å². The second kappa shape index (κ2) is 22.6. The number of aliphatic hydroxyl groups excluding tert-OH is 1. The largest absolute Gasteiger partial charge is 0.487 e. The fourth-order valence-corrected chi connectivity index (χ4v) is 4.39. The van der Waals surface area contributed by atoms with Gasteiger partial charge in [-0.3, -0.25) is 0 Å². The maximum atomic E-state index is 8.91. The first-order valence-electron chi connectivity index (χ1n) is 13.9. The van der Waals surface area contributed by atoms with Gasteiger partial charge < -0.3 is 47.7 Å². The molecule has 0 radical (unpaired) electrons. The Labute approximate surface area is 242 Å². The average Bonchev–Trinajstić information content (AvgIpc) is 3.23. The van der Waals surface area contributed by atoms with E-state index in [1.165, 1.54) is 0 Å². The monoisotopic (exact) mass is 586 g/mol. The molecule has 10 nitrogen and oxygen atoms in total. The van der Waals surface area contributed by atoms with Gasteiger partial charge in [-0.05, 0) is 32.4 Å². The maximum absolute atomic E-state index is 8.91. The van der Waals surface area contributed by atoms with Crippen molar-refractivity contribution in [2.45, 2.75) is 27.2 Å². The van der Waals surface area contributed by atoms with Crippen molar-refractivity contribution in [1.82, 2.24) is 0 Å². The fraction of sp³-hybridized carbons (Fsp3) is 0.655. The quantitative estimate of drug-likeness (QED) is 0.162. The summed E-state index contributed by atoms with van der Waals surface area (Å²) in [4.78, 5) is 2.16. The van der Waals surface area contributed by atoms with Crippen molar-refractivity contribution in [3.05, 3.63) is 34.0 Å². The zero-order chi connectivity index (χ0) is 28.7. The summed E-state index contributed by atoms with van der Waals surface area (Å²) in [7, 11) is 0. The minimum absolute atomic E-state index is 0.0474. The number of ether oxygens (including phenoxy) is 9. The van der Waals surface area contributed by atoms with Crippen molar-refractivity contribution < 1.29 is 47.7 Å². The highest BCUT2D eigenvalue weighted by molar-refractivity contribution is 7.12. The van der Waals surface area contributed by atoms with Crippen molar-refractivity contribution in [2.75, 3.05) is 99.1 Å². The van der Waals surface area contributed by atoms with Crippen LogP contribution in [0.5, 0.6) is 23.0 Å². The third-order valence-electron chi connectivity index (χ3n) is 5.25. The molecule has 0 saturated carbocycles. The van der Waals surface area contributed by atoms with Gasteiger partial charge in [-0.2, -0.15) is 0 Å². The van der Waals surface area contributed by atoms with E-state index in [-0.39, 0.29) is 13.2 Å². The smallest absolute Gasteiger partial charge is 0.175 e. The van der Waals surface area contributed by atoms with E-state index in [0.717, 1.165) is 34.3 Å². The molecule has 1 heterocycles. The summed E-state index contributed by atoms with van der Waals surface area (Å²) < 4.78 is 50.7. The third kappa shape index (κ3) is 14.5. The van der Waals surface area contributed by atoms with E-state index >= 15 is 0 Å². The van der Waals surface area contributed by atoms with Gasteiger partial charge in [0.05, 0.1) is 66.1 Å². The van der Waals surface area contributed by atoms with Crippen LogP contribution < -0.4 is 18.9 Å². The van der Waals surface area contributed by atoms with Gasteiger partial charge in [0.2, 0.25) is 0 Å². The Morgan fingerprint density at radius 1 is 0.525 bits per heavy atom. The molecule has 0 atom stereocenters. The van der Waals surface area contributed by atoms with Gasteiger partial charge in [0.15, 0.2) is 23.0 Å². The number of para-hydroxylation sites is 2. The van der Waals surface area contributed by atoms with Crippen LogP contribution in [0.1, 0.15) is 23.1 Å². The molecule has 11 heteroatoms. The third-order valence-corrected chi connectivity index (χ3v) is 6.23. The number of hydrogen-bond acceptors (Lipinski definition) is 11. The van der Waals surface area contributed by atoms with E-state index in [2.05, 4.69) is 6.92 Å². The lowest BCUT2D eigenvalue weighted by Crippen LogP contribution is -2.15. The van der Waals surface area contributed by atoms with Crippen LogP contribution in [0.2, 0.25) is 0 Å². The molecule has 40 heavy (non-hydrogen) atoms.